The van der Waals surface area contributed by atoms with Gasteiger partial charge in [-0.05, 0) is 57.6 Å². The number of benzene rings is 1. The summed E-state index contributed by atoms with van der Waals surface area (Å²) in [5.74, 6) is 0.0320. The average Bonchev–Trinajstić information content (AvgIpc) is 3.44. The molecule has 1 aromatic rings. The van der Waals surface area contributed by atoms with Gasteiger partial charge in [0.1, 0.15) is 11.4 Å². The summed E-state index contributed by atoms with van der Waals surface area (Å²) >= 11 is 0. The summed E-state index contributed by atoms with van der Waals surface area (Å²) in [5.41, 5.74) is -0.154. The summed E-state index contributed by atoms with van der Waals surface area (Å²) in [5, 5.41) is 0. The highest BCUT2D eigenvalue weighted by atomic mass is 19.1. The molecule has 142 valence electrons. The maximum absolute atomic E-state index is 13.8. The van der Waals surface area contributed by atoms with Gasteiger partial charge in [0.15, 0.2) is 0 Å². The largest absolute Gasteiger partial charge is 0.357 e. The molecule has 1 amide bonds. The summed E-state index contributed by atoms with van der Waals surface area (Å²) < 4.78 is 20.2. The molecular weight excluding hydrogens is 331 g/mol. The molecule has 0 N–H and O–H groups in total. The molecule has 26 heavy (non-hydrogen) atoms. The zero-order valence-electron chi connectivity index (χ0n) is 15.8. The van der Waals surface area contributed by atoms with Crippen LogP contribution in [-0.2, 0) is 16.0 Å². The lowest BCUT2D eigenvalue weighted by Crippen LogP contribution is -2.65. The third-order valence-corrected chi connectivity index (χ3v) is 6.12. The number of nitrogens with zero attached hydrogens (tertiary/aromatic N) is 2. The summed E-state index contributed by atoms with van der Waals surface area (Å²) in [4.78, 5) is 17.1. The van der Waals surface area contributed by atoms with Gasteiger partial charge < -0.3 is 14.5 Å². The molecule has 2 heterocycles. The van der Waals surface area contributed by atoms with Crippen LogP contribution in [0.3, 0.4) is 0 Å². The normalized spacial score (nSPS) is 25.7. The second-order valence-corrected chi connectivity index (χ2v) is 8.64. The predicted octanol–water partition coefficient (Wildman–Crippen LogP) is 3.00. The van der Waals surface area contributed by atoms with E-state index in [9.17, 15) is 9.18 Å². The molecule has 0 bridgehead atoms. The first-order valence-corrected chi connectivity index (χ1v) is 9.86. The van der Waals surface area contributed by atoms with Crippen LogP contribution in [0.25, 0.3) is 0 Å². The lowest BCUT2D eigenvalue weighted by Gasteiger charge is -2.52. The van der Waals surface area contributed by atoms with Gasteiger partial charge >= 0.3 is 0 Å². The molecule has 0 radical (unpaired) electrons. The minimum absolute atomic E-state index is 0.114. The summed E-state index contributed by atoms with van der Waals surface area (Å²) in [7, 11) is 0. The van der Waals surface area contributed by atoms with Crippen molar-refractivity contribution in [3.63, 3.8) is 0 Å². The fourth-order valence-corrected chi connectivity index (χ4v) is 4.45. The van der Waals surface area contributed by atoms with Crippen molar-refractivity contribution in [3.05, 3.63) is 35.6 Å². The Morgan fingerprint density at radius 3 is 2.54 bits per heavy atom. The summed E-state index contributed by atoms with van der Waals surface area (Å²) in [6, 6.07) is 7.46. The van der Waals surface area contributed by atoms with E-state index in [1.54, 1.807) is 6.07 Å². The Balaban J connectivity index is 1.36. The van der Waals surface area contributed by atoms with Crippen molar-refractivity contribution < 1.29 is 13.9 Å². The lowest BCUT2D eigenvalue weighted by atomic mass is 9.86. The van der Waals surface area contributed by atoms with Gasteiger partial charge in [-0.3, -0.25) is 4.79 Å². The Labute approximate surface area is 155 Å². The Kier molecular flexibility index (Phi) is 4.56. The first-order chi connectivity index (χ1) is 12.4. The predicted molar refractivity (Wildman–Crippen MR) is 98.4 cm³/mol. The smallest absolute Gasteiger partial charge is 0.254 e. The molecule has 0 atom stereocenters. The lowest BCUT2D eigenvalue weighted by molar-refractivity contribution is -0.217. The highest BCUT2D eigenvalue weighted by Crippen LogP contribution is 2.41. The number of carbonyl (C=O) groups is 1. The van der Waals surface area contributed by atoms with Gasteiger partial charge in [0.05, 0.1) is 12.1 Å². The fraction of sp³-hybridized carbons (Fsp3) is 0.667. The number of rotatable bonds is 4. The van der Waals surface area contributed by atoms with Crippen LogP contribution >= 0.6 is 0 Å². The third-order valence-electron chi connectivity index (χ3n) is 6.12. The number of amides is 1. The topological polar surface area (TPSA) is 32.8 Å². The summed E-state index contributed by atoms with van der Waals surface area (Å²) in [6.07, 6.45) is 4.87. The van der Waals surface area contributed by atoms with E-state index in [1.165, 1.54) is 6.07 Å². The third kappa shape index (κ3) is 3.52. The van der Waals surface area contributed by atoms with Crippen molar-refractivity contribution in [2.24, 2.45) is 0 Å². The number of hydrogen-bond donors (Lipinski definition) is 0. The molecule has 1 aromatic carbocycles. The minimum atomic E-state index is -0.726. The number of piperidine rings is 1. The van der Waals surface area contributed by atoms with E-state index >= 15 is 0 Å². The van der Waals surface area contributed by atoms with Crippen molar-refractivity contribution in [2.45, 2.75) is 63.2 Å². The van der Waals surface area contributed by atoms with Crippen LogP contribution in [-0.4, -0.2) is 59.1 Å². The van der Waals surface area contributed by atoms with Crippen LogP contribution in [0.5, 0.6) is 0 Å². The number of carbonyl (C=O) groups excluding carboxylic acids is 1. The second-order valence-electron chi connectivity index (χ2n) is 8.64. The molecule has 1 saturated carbocycles. The van der Waals surface area contributed by atoms with Crippen molar-refractivity contribution in [1.82, 2.24) is 9.80 Å². The highest BCUT2D eigenvalue weighted by molar-refractivity contribution is 5.86. The Morgan fingerprint density at radius 2 is 1.88 bits per heavy atom. The number of ether oxygens (including phenoxy) is 1. The molecule has 2 aliphatic heterocycles. The van der Waals surface area contributed by atoms with Crippen LogP contribution in [0.15, 0.2) is 24.3 Å². The Bertz CT molecular complexity index is 678. The SMILES string of the molecule is CC1(C)OC2(CCN(CCc3ccccc3F)CC2)CN(C2CC2)C1=O. The van der Waals surface area contributed by atoms with Gasteiger partial charge in [-0.25, -0.2) is 4.39 Å². The van der Waals surface area contributed by atoms with Crippen LogP contribution in [0.2, 0.25) is 0 Å². The molecular formula is C21H29FN2O2. The van der Waals surface area contributed by atoms with Gasteiger partial charge in [0.25, 0.3) is 5.91 Å². The molecule has 4 nitrogen and oxygen atoms in total. The van der Waals surface area contributed by atoms with E-state index in [1.807, 2.05) is 26.0 Å². The molecule has 1 spiro atoms. The summed E-state index contributed by atoms with van der Waals surface area (Å²) in [6.45, 7) is 7.31. The molecule has 2 saturated heterocycles. The monoisotopic (exact) mass is 360 g/mol. The minimum Gasteiger partial charge on any atom is -0.357 e. The highest BCUT2D eigenvalue weighted by Gasteiger charge is 2.53. The van der Waals surface area contributed by atoms with Crippen molar-refractivity contribution in [3.8, 4) is 0 Å². The zero-order valence-corrected chi connectivity index (χ0v) is 15.8. The Hall–Kier alpha value is -1.46. The molecule has 5 heteroatoms. The number of morpholine rings is 1. The average molecular weight is 360 g/mol. The number of likely N-dealkylation sites (tertiary alicyclic amines) is 1. The van der Waals surface area contributed by atoms with Crippen LogP contribution in [0.1, 0.15) is 45.1 Å². The van der Waals surface area contributed by atoms with Gasteiger partial charge in [-0.1, -0.05) is 18.2 Å². The van der Waals surface area contributed by atoms with Gasteiger partial charge in [-0.2, -0.15) is 0 Å². The number of hydrogen-bond acceptors (Lipinski definition) is 3. The fourth-order valence-electron chi connectivity index (χ4n) is 4.45. The van der Waals surface area contributed by atoms with Crippen LogP contribution < -0.4 is 0 Å². The molecule has 0 aromatic heterocycles. The first kappa shape index (κ1) is 17.9. The zero-order chi connectivity index (χ0) is 18.4. The maximum Gasteiger partial charge on any atom is 0.254 e. The molecule has 4 rings (SSSR count). The molecule has 0 unspecified atom stereocenters. The van der Waals surface area contributed by atoms with Gasteiger partial charge in [-0.15, -0.1) is 0 Å². The van der Waals surface area contributed by atoms with E-state index in [0.29, 0.717) is 6.04 Å². The van der Waals surface area contributed by atoms with Crippen LogP contribution in [0.4, 0.5) is 4.39 Å². The van der Waals surface area contributed by atoms with Crippen LogP contribution in [0, 0.1) is 5.82 Å². The standard InChI is InChI=1S/C21H29FN2O2/c1-20(2)19(25)24(17-7-8-17)15-21(26-20)10-13-23(14-11-21)12-9-16-5-3-4-6-18(16)22/h3-6,17H,7-15H2,1-2H3. The molecule has 3 aliphatic rings. The van der Waals surface area contributed by atoms with E-state index in [0.717, 1.165) is 63.8 Å². The maximum atomic E-state index is 13.8. The van der Waals surface area contributed by atoms with Crippen molar-refractivity contribution in [2.75, 3.05) is 26.2 Å². The number of halogens is 1. The van der Waals surface area contributed by atoms with E-state index in [4.69, 9.17) is 4.74 Å². The molecule has 1 aliphatic carbocycles. The quantitative estimate of drug-likeness (QED) is 0.828. The van der Waals surface area contributed by atoms with E-state index < -0.39 is 5.60 Å². The van der Waals surface area contributed by atoms with Gasteiger partial charge in [0, 0.05) is 25.7 Å². The first-order valence-electron chi connectivity index (χ1n) is 9.86. The second kappa shape index (κ2) is 6.61. The van der Waals surface area contributed by atoms with Crippen molar-refractivity contribution >= 4 is 5.91 Å². The van der Waals surface area contributed by atoms with E-state index in [-0.39, 0.29) is 17.3 Å². The molecule has 3 fully saturated rings. The Morgan fingerprint density at radius 1 is 1.19 bits per heavy atom. The van der Waals surface area contributed by atoms with Gasteiger partial charge in [0.2, 0.25) is 0 Å². The van der Waals surface area contributed by atoms with Crippen molar-refractivity contribution in [1.29, 1.82) is 0 Å². The van der Waals surface area contributed by atoms with E-state index in [2.05, 4.69) is 9.80 Å².